The van der Waals surface area contributed by atoms with Gasteiger partial charge in [0.05, 0.1) is 31.5 Å². The summed E-state index contributed by atoms with van der Waals surface area (Å²) < 4.78 is 10.6. The Kier molecular flexibility index (Phi) is 6.47. The monoisotopic (exact) mass is 426 g/mol. The molecular formula is C22H26N4O3S. The lowest BCUT2D eigenvalue weighted by molar-refractivity contribution is -0.113. The average Bonchev–Trinajstić information content (AvgIpc) is 2.73. The second-order valence-electron chi connectivity index (χ2n) is 7.08. The van der Waals surface area contributed by atoms with Crippen LogP contribution in [0.3, 0.4) is 0 Å². The van der Waals surface area contributed by atoms with E-state index in [0.29, 0.717) is 33.6 Å². The molecule has 2 aromatic carbocycles. The van der Waals surface area contributed by atoms with E-state index in [0.717, 1.165) is 11.3 Å². The smallest absolute Gasteiger partial charge is 0.255 e. The van der Waals surface area contributed by atoms with E-state index in [4.69, 9.17) is 21.7 Å². The van der Waals surface area contributed by atoms with Crippen LogP contribution in [-0.4, -0.2) is 39.3 Å². The van der Waals surface area contributed by atoms with Gasteiger partial charge in [-0.25, -0.2) is 0 Å². The van der Waals surface area contributed by atoms with Crippen LogP contribution in [0.15, 0.2) is 53.7 Å². The molecule has 8 heteroatoms. The Balaban J connectivity index is 1.93. The minimum atomic E-state index is -0.376. The van der Waals surface area contributed by atoms with Crippen molar-refractivity contribution < 1.29 is 14.3 Å². The summed E-state index contributed by atoms with van der Waals surface area (Å²) in [5.74, 6) is 0.908. The molecule has 1 aliphatic rings. The Morgan fingerprint density at radius 1 is 1.10 bits per heavy atom. The molecule has 0 aliphatic carbocycles. The Labute approximate surface area is 182 Å². The van der Waals surface area contributed by atoms with Gasteiger partial charge in [0.15, 0.2) is 5.11 Å². The molecule has 0 saturated heterocycles. The molecule has 30 heavy (non-hydrogen) atoms. The molecule has 3 rings (SSSR count). The van der Waals surface area contributed by atoms with Gasteiger partial charge in [0, 0.05) is 31.5 Å². The Hall–Kier alpha value is -3.26. The van der Waals surface area contributed by atoms with Crippen LogP contribution in [0.5, 0.6) is 11.5 Å². The highest BCUT2D eigenvalue weighted by molar-refractivity contribution is 7.80. The first kappa shape index (κ1) is 21.4. The van der Waals surface area contributed by atoms with Crippen molar-refractivity contribution in [3.05, 3.63) is 59.3 Å². The topological polar surface area (TPSA) is 74.9 Å². The van der Waals surface area contributed by atoms with Crippen molar-refractivity contribution in [3.8, 4) is 11.5 Å². The highest BCUT2D eigenvalue weighted by atomic mass is 32.1. The summed E-state index contributed by atoms with van der Waals surface area (Å²) in [5.41, 5.74) is 3.82. The normalized spacial score (nSPS) is 15.8. The van der Waals surface area contributed by atoms with Crippen LogP contribution in [0.25, 0.3) is 0 Å². The summed E-state index contributed by atoms with van der Waals surface area (Å²) in [6.45, 7) is 1.84. The maximum atomic E-state index is 13.3. The molecular weight excluding hydrogens is 400 g/mol. The van der Waals surface area contributed by atoms with Gasteiger partial charge in [-0.3, -0.25) is 4.79 Å². The van der Waals surface area contributed by atoms with E-state index >= 15 is 0 Å². The summed E-state index contributed by atoms with van der Waals surface area (Å²) in [6.07, 6.45) is 0. The highest BCUT2D eigenvalue weighted by Gasteiger charge is 2.30. The van der Waals surface area contributed by atoms with E-state index in [9.17, 15) is 4.79 Å². The maximum Gasteiger partial charge on any atom is 0.255 e. The molecule has 0 unspecified atom stereocenters. The van der Waals surface area contributed by atoms with Crippen LogP contribution in [0.1, 0.15) is 18.5 Å². The molecule has 0 spiro atoms. The lowest BCUT2D eigenvalue weighted by atomic mass is 9.94. The quantitative estimate of drug-likeness (QED) is 0.613. The molecule has 0 saturated carbocycles. The number of hydrogen-bond donors (Lipinski definition) is 3. The van der Waals surface area contributed by atoms with Gasteiger partial charge in [-0.15, -0.1) is 0 Å². The number of methoxy groups -OCH3 is 2. The number of ether oxygens (including phenoxy) is 2. The van der Waals surface area contributed by atoms with Crippen LogP contribution in [0.2, 0.25) is 0 Å². The molecule has 2 aromatic rings. The van der Waals surface area contributed by atoms with Crippen molar-refractivity contribution in [3.63, 3.8) is 0 Å². The number of nitrogens with one attached hydrogen (secondary N) is 3. The molecule has 1 heterocycles. The second-order valence-corrected chi connectivity index (χ2v) is 7.48. The fraction of sp³-hybridized carbons (Fsp3) is 0.273. The highest BCUT2D eigenvalue weighted by Crippen LogP contribution is 2.32. The predicted octanol–water partition coefficient (Wildman–Crippen LogP) is 3.20. The zero-order valence-corrected chi connectivity index (χ0v) is 18.5. The molecule has 158 valence electrons. The number of amides is 1. The molecule has 1 aliphatic heterocycles. The van der Waals surface area contributed by atoms with Crippen molar-refractivity contribution in [2.45, 2.75) is 13.0 Å². The molecule has 0 fully saturated rings. The minimum Gasteiger partial charge on any atom is -0.497 e. The maximum absolute atomic E-state index is 13.3. The number of benzene rings is 2. The number of rotatable bonds is 6. The summed E-state index contributed by atoms with van der Waals surface area (Å²) in [6, 6.07) is 12.9. The third-order valence-electron chi connectivity index (χ3n) is 4.91. The van der Waals surface area contributed by atoms with E-state index in [1.165, 1.54) is 0 Å². The number of hydrogen-bond acceptors (Lipinski definition) is 5. The standard InChI is InChI=1S/C22H26N4O3S/c1-13-19(21(27)24-17-11-10-16(28-4)12-18(17)29-5)20(25-22(30)23-13)14-6-8-15(9-7-14)26(2)3/h6-12,20H,1-5H3,(H,24,27)(H2,23,25,30)/t20-/m1/s1. The minimum absolute atomic E-state index is 0.250. The van der Waals surface area contributed by atoms with Crippen LogP contribution in [0, 0.1) is 0 Å². The Bertz CT molecular complexity index is 986. The molecule has 7 nitrogen and oxygen atoms in total. The van der Waals surface area contributed by atoms with Gasteiger partial charge in [-0.1, -0.05) is 12.1 Å². The fourth-order valence-corrected chi connectivity index (χ4v) is 3.57. The van der Waals surface area contributed by atoms with Gasteiger partial charge in [0.2, 0.25) is 0 Å². The predicted molar refractivity (Wildman–Crippen MR) is 123 cm³/mol. The fourth-order valence-electron chi connectivity index (χ4n) is 3.30. The van der Waals surface area contributed by atoms with Gasteiger partial charge in [-0.05, 0) is 49.0 Å². The largest absolute Gasteiger partial charge is 0.497 e. The summed E-state index contributed by atoms with van der Waals surface area (Å²) in [5, 5.41) is 9.69. The zero-order chi connectivity index (χ0) is 21.8. The first-order valence-corrected chi connectivity index (χ1v) is 9.83. The third kappa shape index (κ3) is 4.49. The number of anilines is 2. The first-order chi connectivity index (χ1) is 14.3. The number of thiocarbonyl (C=S) groups is 1. The number of carbonyl (C=O) groups excluding carboxylic acids is 1. The van der Waals surface area contributed by atoms with Crippen LogP contribution < -0.4 is 30.3 Å². The number of allylic oxidation sites excluding steroid dienone is 1. The van der Waals surface area contributed by atoms with E-state index < -0.39 is 0 Å². The van der Waals surface area contributed by atoms with Crippen molar-refractivity contribution in [2.75, 3.05) is 38.5 Å². The van der Waals surface area contributed by atoms with Crippen molar-refractivity contribution >= 4 is 34.6 Å². The van der Waals surface area contributed by atoms with Crippen LogP contribution in [-0.2, 0) is 4.79 Å². The lowest BCUT2D eigenvalue weighted by Crippen LogP contribution is -2.45. The van der Waals surface area contributed by atoms with Gasteiger partial charge in [-0.2, -0.15) is 0 Å². The van der Waals surface area contributed by atoms with Crippen molar-refractivity contribution in [1.82, 2.24) is 10.6 Å². The SMILES string of the molecule is COc1ccc(NC(=O)C2=C(C)NC(=S)N[C@@H]2c2ccc(N(C)C)cc2)c(OC)c1. The molecule has 0 aromatic heterocycles. The Morgan fingerprint density at radius 3 is 2.40 bits per heavy atom. The summed E-state index contributed by atoms with van der Waals surface area (Å²) in [4.78, 5) is 15.3. The Morgan fingerprint density at radius 2 is 1.80 bits per heavy atom. The lowest BCUT2D eigenvalue weighted by Gasteiger charge is -2.30. The van der Waals surface area contributed by atoms with Gasteiger partial charge >= 0.3 is 0 Å². The van der Waals surface area contributed by atoms with E-state index in [-0.39, 0.29) is 11.9 Å². The summed E-state index contributed by atoms with van der Waals surface area (Å²) >= 11 is 5.33. The van der Waals surface area contributed by atoms with Crippen LogP contribution >= 0.6 is 12.2 Å². The van der Waals surface area contributed by atoms with Crippen molar-refractivity contribution in [2.24, 2.45) is 0 Å². The van der Waals surface area contributed by atoms with Crippen molar-refractivity contribution in [1.29, 1.82) is 0 Å². The third-order valence-corrected chi connectivity index (χ3v) is 5.13. The van der Waals surface area contributed by atoms with Gasteiger partial charge in [0.1, 0.15) is 11.5 Å². The molecule has 3 N–H and O–H groups in total. The molecule has 1 amide bonds. The van der Waals surface area contributed by atoms with Crippen LogP contribution in [0.4, 0.5) is 11.4 Å². The molecule has 0 bridgehead atoms. The number of carbonyl (C=O) groups is 1. The number of nitrogens with zero attached hydrogens (tertiary/aromatic N) is 1. The van der Waals surface area contributed by atoms with E-state index in [1.807, 2.05) is 50.2 Å². The summed E-state index contributed by atoms with van der Waals surface area (Å²) in [7, 11) is 7.10. The molecule has 1 atom stereocenters. The van der Waals surface area contributed by atoms with E-state index in [2.05, 4.69) is 16.0 Å². The van der Waals surface area contributed by atoms with E-state index in [1.54, 1.807) is 32.4 Å². The average molecular weight is 427 g/mol. The van der Waals surface area contributed by atoms with Gasteiger partial charge < -0.3 is 30.3 Å². The zero-order valence-electron chi connectivity index (χ0n) is 17.7. The molecule has 0 radical (unpaired) electrons. The second kappa shape index (κ2) is 9.04. The van der Waals surface area contributed by atoms with Gasteiger partial charge in [0.25, 0.3) is 5.91 Å². The first-order valence-electron chi connectivity index (χ1n) is 9.43.